The zero-order chi connectivity index (χ0) is 8.72. The van der Waals surface area contributed by atoms with Gasteiger partial charge in [-0.2, -0.15) is 0 Å². The number of aromatic nitrogens is 2. The van der Waals surface area contributed by atoms with Crippen LogP contribution in [0.1, 0.15) is 0 Å². The average Bonchev–Trinajstić information content (AvgIpc) is 2.48. The van der Waals surface area contributed by atoms with Crippen molar-refractivity contribution >= 4 is 22.6 Å². The SMILES string of the molecule is Fc1c(Cl)cc2[nH]cnc2c1F. The number of imidazole rings is 1. The van der Waals surface area contributed by atoms with E-state index in [1.807, 2.05) is 0 Å². The second-order valence-corrected chi connectivity index (χ2v) is 2.69. The van der Waals surface area contributed by atoms with Crippen molar-refractivity contribution in [3.8, 4) is 0 Å². The summed E-state index contributed by atoms with van der Waals surface area (Å²) in [5.41, 5.74) is 0.357. The highest BCUT2D eigenvalue weighted by Gasteiger charge is 2.13. The largest absolute Gasteiger partial charge is 0.344 e. The van der Waals surface area contributed by atoms with Crippen molar-refractivity contribution in [3.63, 3.8) is 0 Å². The van der Waals surface area contributed by atoms with Crippen molar-refractivity contribution in [3.05, 3.63) is 29.1 Å². The molecule has 0 radical (unpaired) electrons. The van der Waals surface area contributed by atoms with Gasteiger partial charge in [-0.25, -0.2) is 13.8 Å². The highest BCUT2D eigenvalue weighted by Crippen LogP contribution is 2.23. The van der Waals surface area contributed by atoms with Crippen molar-refractivity contribution in [1.82, 2.24) is 9.97 Å². The summed E-state index contributed by atoms with van der Waals surface area (Å²) in [7, 11) is 0. The molecule has 0 spiro atoms. The van der Waals surface area contributed by atoms with E-state index in [0.717, 1.165) is 0 Å². The van der Waals surface area contributed by atoms with Gasteiger partial charge in [-0.3, -0.25) is 0 Å². The molecule has 0 saturated heterocycles. The van der Waals surface area contributed by atoms with Gasteiger partial charge in [0.15, 0.2) is 11.6 Å². The lowest BCUT2D eigenvalue weighted by Gasteiger charge is -1.95. The van der Waals surface area contributed by atoms with Gasteiger partial charge in [-0.1, -0.05) is 11.6 Å². The monoisotopic (exact) mass is 188 g/mol. The fourth-order valence-electron chi connectivity index (χ4n) is 0.988. The number of aromatic amines is 1. The predicted octanol–water partition coefficient (Wildman–Crippen LogP) is 2.49. The standard InChI is InChI=1S/C7H3ClF2N2/c8-3-1-4-7(12-2-11-4)6(10)5(3)9/h1-2H,(H,11,12). The molecule has 0 unspecified atom stereocenters. The zero-order valence-electron chi connectivity index (χ0n) is 5.74. The molecule has 2 nitrogen and oxygen atoms in total. The molecule has 12 heavy (non-hydrogen) atoms. The normalized spacial score (nSPS) is 10.9. The lowest BCUT2D eigenvalue weighted by atomic mass is 10.3. The minimum atomic E-state index is -1.06. The number of hydrogen-bond donors (Lipinski definition) is 1. The third-order valence-electron chi connectivity index (χ3n) is 1.55. The van der Waals surface area contributed by atoms with Crippen molar-refractivity contribution in [1.29, 1.82) is 0 Å². The summed E-state index contributed by atoms with van der Waals surface area (Å²) >= 11 is 5.39. The van der Waals surface area contributed by atoms with Crippen LogP contribution in [0.4, 0.5) is 8.78 Å². The van der Waals surface area contributed by atoms with Crippen LogP contribution in [-0.2, 0) is 0 Å². The molecule has 0 fully saturated rings. The minimum Gasteiger partial charge on any atom is -0.344 e. The molecule has 0 aliphatic carbocycles. The number of nitrogens with one attached hydrogen (secondary N) is 1. The second kappa shape index (κ2) is 2.42. The maximum Gasteiger partial charge on any atom is 0.188 e. The molecule has 2 aromatic rings. The van der Waals surface area contributed by atoms with E-state index >= 15 is 0 Å². The Kier molecular flexibility index (Phi) is 1.51. The van der Waals surface area contributed by atoms with Crippen LogP contribution < -0.4 is 0 Å². The van der Waals surface area contributed by atoms with Gasteiger partial charge >= 0.3 is 0 Å². The van der Waals surface area contributed by atoms with Crippen LogP contribution in [0.2, 0.25) is 5.02 Å². The van der Waals surface area contributed by atoms with Gasteiger partial charge < -0.3 is 4.98 Å². The van der Waals surface area contributed by atoms with Crippen LogP contribution in [-0.4, -0.2) is 9.97 Å². The Balaban J connectivity index is 2.94. The Morgan fingerprint density at radius 2 is 2.08 bits per heavy atom. The highest BCUT2D eigenvalue weighted by atomic mass is 35.5. The van der Waals surface area contributed by atoms with Crippen molar-refractivity contribution in [2.24, 2.45) is 0 Å². The molecule has 5 heteroatoms. The summed E-state index contributed by atoms with van der Waals surface area (Å²) in [6.07, 6.45) is 1.28. The molecule has 0 aliphatic rings. The Bertz CT molecular complexity index is 438. The van der Waals surface area contributed by atoms with Gasteiger partial charge in [-0.15, -0.1) is 0 Å². The smallest absolute Gasteiger partial charge is 0.188 e. The zero-order valence-corrected chi connectivity index (χ0v) is 6.49. The number of halogens is 3. The van der Waals surface area contributed by atoms with Crippen molar-refractivity contribution in [2.75, 3.05) is 0 Å². The summed E-state index contributed by atoms with van der Waals surface area (Å²) in [5.74, 6) is -2.07. The van der Waals surface area contributed by atoms with Crippen LogP contribution >= 0.6 is 11.6 Å². The van der Waals surface area contributed by atoms with Gasteiger partial charge in [0.05, 0.1) is 16.9 Å². The van der Waals surface area contributed by atoms with Crippen LogP contribution in [0.25, 0.3) is 11.0 Å². The fraction of sp³-hybridized carbons (Fsp3) is 0. The number of benzene rings is 1. The van der Waals surface area contributed by atoms with Gasteiger partial charge in [0.1, 0.15) is 5.52 Å². The first kappa shape index (κ1) is 7.49. The van der Waals surface area contributed by atoms with Crippen LogP contribution in [0.5, 0.6) is 0 Å². The van der Waals surface area contributed by atoms with Gasteiger partial charge in [0, 0.05) is 0 Å². The molecular formula is C7H3ClF2N2. The van der Waals surface area contributed by atoms with Crippen LogP contribution in [0.15, 0.2) is 12.4 Å². The Labute approximate surface area is 71.2 Å². The van der Waals surface area contributed by atoms with Crippen LogP contribution in [0.3, 0.4) is 0 Å². The second-order valence-electron chi connectivity index (χ2n) is 2.29. The molecular weight excluding hydrogens is 186 g/mol. The van der Waals surface area contributed by atoms with E-state index in [2.05, 4.69) is 9.97 Å². The van der Waals surface area contributed by atoms with E-state index in [0.29, 0.717) is 5.52 Å². The Morgan fingerprint density at radius 3 is 2.83 bits per heavy atom. The molecule has 1 aromatic carbocycles. The fourth-order valence-corrected chi connectivity index (χ4v) is 1.18. The summed E-state index contributed by atoms with van der Waals surface area (Å²) in [4.78, 5) is 6.22. The molecule has 2 rings (SSSR count). The molecule has 0 aliphatic heterocycles. The molecule has 1 N–H and O–H groups in total. The quantitative estimate of drug-likeness (QED) is 0.633. The molecule has 62 valence electrons. The molecule has 0 saturated carbocycles. The molecule has 0 amide bonds. The minimum absolute atomic E-state index is 0.0306. The van der Waals surface area contributed by atoms with Gasteiger partial charge in [-0.05, 0) is 6.07 Å². The average molecular weight is 189 g/mol. The van der Waals surface area contributed by atoms with E-state index < -0.39 is 11.6 Å². The topological polar surface area (TPSA) is 28.7 Å². The third kappa shape index (κ3) is 0.881. The number of hydrogen-bond acceptors (Lipinski definition) is 1. The molecule has 1 aromatic heterocycles. The molecule has 1 heterocycles. The first-order valence-corrected chi connectivity index (χ1v) is 3.54. The van der Waals surface area contributed by atoms with Gasteiger partial charge in [0.25, 0.3) is 0 Å². The number of H-pyrrole nitrogens is 1. The summed E-state index contributed by atoms with van der Waals surface area (Å²) in [5, 5.41) is -0.246. The Hall–Kier alpha value is -1.16. The van der Waals surface area contributed by atoms with E-state index in [4.69, 9.17) is 11.6 Å². The van der Waals surface area contributed by atoms with E-state index in [1.165, 1.54) is 12.4 Å². The third-order valence-corrected chi connectivity index (χ3v) is 1.83. The van der Waals surface area contributed by atoms with E-state index in [9.17, 15) is 8.78 Å². The molecule has 0 bridgehead atoms. The van der Waals surface area contributed by atoms with Gasteiger partial charge in [0.2, 0.25) is 0 Å². The summed E-state index contributed by atoms with van der Waals surface area (Å²) in [6.45, 7) is 0. The Morgan fingerprint density at radius 1 is 1.33 bits per heavy atom. The lowest BCUT2D eigenvalue weighted by molar-refractivity contribution is 0.516. The maximum absolute atomic E-state index is 13.0. The van der Waals surface area contributed by atoms with Crippen molar-refractivity contribution in [2.45, 2.75) is 0 Å². The number of rotatable bonds is 0. The summed E-state index contributed by atoms with van der Waals surface area (Å²) < 4.78 is 25.7. The molecule has 0 atom stereocenters. The number of fused-ring (bicyclic) bond motifs is 1. The van der Waals surface area contributed by atoms with Crippen LogP contribution in [0, 0.1) is 11.6 Å². The van der Waals surface area contributed by atoms with E-state index in [-0.39, 0.29) is 10.5 Å². The first-order valence-electron chi connectivity index (χ1n) is 3.16. The van der Waals surface area contributed by atoms with E-state index in [1.54, 1.807) is 0 Å². The predicted molar refractivity (Wildman–Crippen MR) is 41.0 cm³/mol. The lowest BCUT2D eigenvalue weighted by Crippen LogP contribution is -1.87. The number of nitrogens with zero attached hydrogens (tertiary/aromatic N) is 1. The summed E-state index contributed by atoms with van der Waals surface area (Å²) in [6, 6.07) is 1.29. The first-order chi connectivity index (χ1) is 5.70. The maximum atomic E-state index is 13.0. The van der Waals surface area contributed by atoms with Crippen molar-refractivity contribution < 1.29 is 8.78 Å². The highest BCUT2D eigenvalue weighted by molar-refractivity contribution is 6.31.